The van der Waals surface area contributed by atoms with Gasteiger partial charge in [-0.3, -0.25) is 4.79 Å². The molecular formula is C8H10IN3O2S. The lowest BCUT2D eigenvalue weighted by Crippen LogP contribution is -2.03. The highest BCUT2D eigenvalue weighted by Gasteiger charge is 2.08. The molecular weight excluding hydrogens is 329 g/mol. The minimum Gasteiger partial charge on any atom is -0.383 e. The van der Waals surface area contributed by atoms with E-state index in [4.69, 9.17) is 5.73 Å². The molecule has 2 N–H and O–H groups in total. The van der Waals surface area contributed by atoms with Crippen LogP contribution < -0.4 is 5.73 Å². The Bertz CT molecular complexity index is 513. The molecule has 0 radical (unpaired) electrons. The smallest absolute Gasteiger partial charge is 0.286 e. The Morgan fingerprint density at radius 2 is 2.20 bits per heavy atom. The number of pyridine rings is 1. The van der Waals surface area contributed by atoms with E-state index in [1.165, 1.54) is 18.7 Å². The van der Waals surface area contributed by atoms with Crippen LogP contribution in [0, 0.1) is 3.57 Å². The number of hydrogen-bond donors (Lipinski definition) is 1. The summed E-state index contributed by atoms with van der Waals surface area (Å²) in [6.45, 7) is 0. The van der Waals surface area contributed by atoms with Crippen LogP contribution >= 0.6 is 22.6 Å². The van der Waals surface area contributed by atoms with E-state index in [9.17, 15) is 9.00 Å². The molecule has 0 saturated carbocycles. The van der Waals surface area contributed by atoms with Crippen LogP contribution in [0.1, 0.15) is 10.4 Å². The minimum absolute atomic E-state index is 0.296. The molecule has 0 aromatic carbocycles. The SMILES string of the molecule is CS(C)(=O)=NC(=O)c1cnc(N)c(I)c1. The number of anilines is 1. The number of carbonyl (C=O) groups is 1. The van der Waals surface area contributed by atoms with Gasteiger partial charge < -0.3 is 5.73 Å². The highest BCUT2D eigenvalue weighted by atomic mass is 127. The summed E-state index contributed by atoms with van der Waals surface area (Å²) in [6.07, 6.45) is 4.13. The monoisotopic (exact) mass is 339 g/mol. The van der Waals surface area contributed by atoms with E-state index >= 15 is 0 Å². The summed E-state index contributed by atoms with van der Waals surface area (Å²) in [5.41, 5.74) is 5.80. The third-order valence-corrected chi connectivity index (χ3v) is 2.89. The van der Waals surface area contributed by atoms with Gasteiger partial charge in [-0.2, -0.15) is 4.36 Å². The van der Waals surface area contributed by atoms with Crippen molar-refractivity contribution in [2.45, 2.75) is 0 Å². The Hall–Kier alpha value is -0.700. The fourth-order valence-corrected chi connectivity index (χ4v) is 1.80. The number of nitrogen functional groups attached to an aromatic ring is 1. The maximum Gasteiger partial charge on any atom is 0.286 e. The Balaban J connectivity index is 3.14. The lowest BCUT2D eigenvalue weighted by atomic mass is 10.3. The first-order valence-electron chi connectivity index (χ1n) is 3.92. The van der Waals surface area contributed by atoms with Gasteiger partial charge in [0.05, 0.1) is 9.13 Å². The molecule has 0 aliphatic carbocycles. The van der Waals surface area contributed by atoms with Crippen molar-refractivity contribution >= 4 is 44.0 Å². The highest BCUT2D eigenvalue weighted by molar-refractivity contribution is 14.1. The van der Waals surface area contributed by atoms with E-state index in [2.05, 4.69) is 9.35 Å². The van der Waals surface area contributed by atoms with E-state index in [0.717, 1.165) is 0 Å². The van der Waals surface area contributed by atoms with Crippen molar-refractivity contribution < 1.29 is 9.00 Å². The molecule has 1 heterocycles. The van der Waals surface area contributed by atoms with Gasteiger partial charge in [0.15, 0.2) is 0 Å². The molecule has 0 atom stereocenters. The average Bonchev–Trinajstić information content (AvgIpc) is 2.06. The number of halogens is 1. The topological polar surface area (TPSA) is 85.4 Å². The van der Waals surface area contributed by atoms with Crippen molar-refractivity contribution in [3.8, 4) is 0 Å². The second kappa shape index (κ2) is 4.44. The van der Waals surface area contributed by atoms with E-state index in [1.807, 2.05) is 22.6 Å². The summed E-state index contributed by atoms with van der Waals surface area (Å²) in [5.74, 6) is -0.170. The Morgan fingerprint density at radius 3 is 2.67 bits per heavy atom. The van der Waals surface area contributed by atoms with E-state index < -0.39 is 15.6 Å². The lowest BCUT2D eigenvalue weighted by Gasteiger charge is -1.99. The molecule has 1 aromatic heterocycles. The van der Waals surface area contributed by atoms with Gasteiger partial charge in [0.2, 0.25) is 0 Å². The number of nitrogens with zero attached hydrogens (tertiary/aromatic N) is 2. The number of aromatic nitrogens is 1. The second-order valence-corrected chi connectivity index (χ2v) is 6.88. The molecule has 7 heteroatoms. The van der Waals surface area contributed by atoms with Gasteiger partial charge >= 0.3 is 0 Å². The molecule has 0 aliphatic heterocycles. The summed E-state index contributed by atoms with van der Waals surface area (Å²) in [7, 11) is -2.43. The third kappa shape index (κ3) is 3.74. The maximum atomic E-state index is 11.5. The van der Waals surface area contributed by atoms with Crippen LogP contribution in [-0.4, -0.2) is 27.6 Å². The quantitative estimate of drug-likeness (QED) is 0.778. The van der Waals surface area contributed by atoms with Gasteiger partial charge in [-0.15, -0.1) is 0 Å². The predicted molar refractivity (Wildman–Crippen MR) is 68.1 cm³/mol. The molecule has 1 rings (SSSR count). The molecule has 0 aliphatic rings. The number of carbonyl (C=O) groups excluding carboxylic acids is 1. The molecule has 0 saturated heterocycles. The van der Waals surface area contributed by atoms with Crippen LogP contribution in [0.2, 0.25) is 0 Å². The van der Waals surface area contributed by atoms with Crippen molar-refractivity contribution in [1.29, 1.82) is 0 Å². The Morgan fingerprint density at radius 1 is 1.60 bits per heavy atom. The molecule has 1 aromatic rings. The normalized spacial score (nSPS) is 11.1. The second-order valence-electron chi connectivity index (χ2n) is 3.17. The molecule has 0 unspecified atom stereocenters. The summed E-state index contributed by atoms with van der Waals surface area (Å²) in [5, 5.41) is 0. The van der Waals surface area contributed by atoms with E-state index in [1.54, 1.807) is 6.07 Å². The molecule has 0 spiro atoms. The van der Waals surface area contributed by atoms with Crippen LogP contribution in [0.25, 0.3) is 0 Å². The molecule has 5 nitrogen and oxygen atoms in total. The van der Waals surface area contributed by atoms with Crippen LogP contribution in [0.5, 0.6) is 0 Å². The third-order valence-electron chi connectivity index (χ3n) is 1.42. The van der Waals surface area contributed by atoms with Gasteiger partial charge in [-0.1, -0.05) is 0 Å². The summed E-state index contributed by atoms with van der Waals surface area (Å²) in [4.78, 5) is 15.3. The van der Waals surface area contributed by atoms with Gasteiger partial charge in [0.25, 0.3) is 5.91 Å². The number of rotatable bonds is 1. The van der Waals surface area contributed by atoms with Gasteiger partial charge in [0, 0.05) is 28.4 Å². The van der Waals surface area contributed by atoms with Crippen LogP contribution in [0.4, 0.5) is 5.82 Å². The van der Waals surface area contributed by atoms with Crippen molar-refractivity contribution in [3.63, 3.8) is 0 Å². The molecule has 1 amide bonds. The first kappa shape index (κ1) is 12.4. The van der Waals surface area contributed by atoms with Crippen molar-refractivity contribution in [2.75, 3.05) is 18.2 Å². The fourth-order valence-electron chi connectivity index (χ4n) is 0.818. The largest absolute Gasteiger partial charge is 0.383 e. The van der Waals surface area contributed by atoms with Crippen LogP contribution in [-0.2, 0) is 9.73 Å². The van der Waals surface area contributed by atoms with Crippen molar-refractivity contribution in [3.05, 3.63) is 21.4 Å². The summed E-state index contributed by atoms with van der Waals surface area (Å²) in [6, 6.07) is 1.57. The van der Waals surface area contributed by atoms with Crippen molar-refractivity contribution in [1.82, 2.24) is 4.98 Å². The minimum atomic E-state index is -2.43. The molecule has 0 bridgehead atoms. The van der Waals surface area contributed by atoms with E-state index in [-0.39, 0.29) is 0 Å². The number of nitrogens with two attached hydrogens (primary N) is 1. The standard InChI is InChI=1S/C8H10IN3O2S/c1-15(2,14)12-8(13)5-3-6(9)7(10)11-4-5/h3-4H,1-2H3,(H2,10,11). The lowest BCUT2D eigenvalue weighted by molar-refractivity contribution is 0.100. The highest BCUT2D eigenvalue weighted by Crippen LogP contribution is 2.14. The Labute approximate surface area is 102 Å². The number of amides is 1. The van der Waals surface area contributed by atoms with Gasteiger partial charge in [0.1, 0.15) is 5.82 Å². The zero-order valence-corrected chi connectivity index (χ0v) is 11.2. The molecule has 15 heavy (non-hydrogen) atoms. The first-order valence-corrected chi connectivity index (χ1v) is 7.33. The summed E-state index contributed by atoms with van der Waals surface area (Å²) >= 11 is 1.97. The molecule has 82 valence electrons. The van der Waals surface area contributed by atoms with Gasteiger partial charge in [-0.05, 0) is 28.7 Å². The fraction of sp³-hybridized carbons (Fsp3) is 0.250. The molecule has 0 fully saturated rings. The zero-order chi connectivity index (χ0) is 11.6. The number of hydrogen-bond acceptors (Lipinski definition) is 4. The zero-order valence-electron chi connectivity index (χ0n) is 8.23. The van der Waals surface area contributed by atoms with Crippen molar-refractivity contribution in [2.24, 2.45) is 4.36 Å². The summed E-state index contributed by atoms with van der Waals surface area (Å²) < 4.78 is 15.5. The van der Waals surface area contributed by atoms with E-state index in [0.29, 0.717) is 15.0 Å². The maximum absolute atomic E-state index is 11.5. The predicted octanol–water partition coefficient (Wildman–Crippen LogP) is 1.14. The Kier molecular flexibility index (Phi) is 3.66. The van der Waals surface area contributed by atoms with Gasteiger partial charge in [-0.25, -0.2) is 9.19 Å². The van der Waals surface area contributed by atoms with Crippen LogP contribution in [0.15, 0.2) is 16.6 Å². The first-order chi connectivity index (χ1) is 6.79. The van der Waals surface area contributed by atoms with Crippen LogP contribution in [0.3, 0.4) is 0 Å². The average molecular weight is 339 g/mol.